The predicted molar refractivity (Wildman–Crippen MR) is 179 cm³/mol. The van der Waals surface area contributed by atoms with Crippen LogP contribution in [0.15, 0.2) is 106 Å². The molecule has 0 aromatic carbocycles. The van der Waals surface area contributed by atoms with Crippen molar-refractivity contribution in [2.45, 2.75) is 13.8 Å². The standard InChI is InChI=1S/C30H24I2N8/c1-15-13-39(3)29(33-15)24-20-8-5-17(35-20)11-18-6-10-22(36-18)25(30-34-16(2)14-40(30)4)28-27(32)26(31)23(38-28)12-19-7-9-21(24)37-19/h5-14,33,35H,1-4H3/b18-11?,19-12?,28-25?,29-24-. The summed E-state index contributed by atoms with van der Waals surface area (Å²) in [5.74, 6) is 1.82. The van der Waals surface area contributed by atoms with Gasteiger partial charge in [-0.25, -0.2) is 20.0 Å². The van der Waals surface area contributed by atoms with Crippen LogP contribution >= 0.6 is 45.2 Å². The molecule has 7 rings (SSSR count). The zero-order chi connectivity index (χ0) is 27.7. The van der Waals surface area contributed by atoms with E-state index in [1.807, 2.05) is 43.9 Å². The third kappa shape index (κ3) is 4.24. The van der Waals surface area contributed by atoms with Gasteiger partial charge in [0.1, 0.15) is 11.6 Å². The number of nitrogens with one attached hydrogen (secondary N) is 2. The lowest BCUT2D eigenvalue weighted by atomic mass is 10.1. The molecule has 0 radical (unpaired) electrons. The number of hydrogen-bond acceptors (Lipinski definition) is 6. The second-order valence-electron chi connectivity index (χ2n) is 10.1. The molecule has 5 aliphatic rings. The minimum Gasteiger partial charge on any atom is -0.355 e. The Morgan fingerprint density at radius 2 is 1.52 bits per heavy atom. The first kappa shape index (κ1) is 25.4. The molecule has 0 amide bonds. The number of aromatic amines is 1. The molecule has 40 heavy (non-hydrogen) atoms. The summed E-state index contributed by atoms with van der Waals surface area (Å²) in [6.45, 7) is 4.06. The number of aryl methyl sites for hydroxylation is 2. The SMILES string of the molecule is CC1=CN(C)/C(=C2\C3=NC(=CC4=NC(=C(c5nc(C)cn5C)C5=NC(=Cc6ccc2[nH]6)C=C5)C(I)=C4I)C=C3)N1. The summed E-state index contributed by atoms with van der Waals surface area (Å²) < 4.78 is 4.19. The molecule has 2 aromatic heterocycles. The molecule has 2 N–H and O–H groups in total. The van der Waals surface area contributed by atoms with Crippen molar-refractivity contribution in [2.24, 2.45) is 22.0 Å². The Bertz CT molecular complexity index is 1870. The van der Waals surface area contributed by atoms with Gasteiger partial charge in [-0.2, -0.15) is 0 Å². The van der Waals surface area contributed by atoms with Gasteiger partial charge in [-0.1, -0.05) is 0 Å². The smallest absolute Gasteiger partial charge is 0.144 e. The number of rotatable bonds is 1. The number of imidazole rings is 1. The maximum atomic E-state index is 5.15. The van der Waals surface area contributed by atoms with Gasteiger partial charge in [0, 0.05) is 37.9 Å². The summed E-state index contributed by atoms with van der Waals surface area (Å²) in [4.78, 5) is 25.8. The van der Waals surface area contributed by atoms with Crippen LogP contribution in [-0.4, -0.2) is 43.6 Å². The molecular formula is C30H24I2N8. The fourth-order valence-corrected chi connectivity index (χ4v) is 6.51. The molecule has 198 valence electrons. The molecule has 0 aliphatic carbocycles. The zero-order valence-corrected chi connectivity index (χ0v) is 26.5. The first-order valence-electron chi connectivity index (χ1n) is 12.7. The highest BCUT2D eigenvalue weighted by Crippen LogP contribution is 2.41. The summed E-state index contributed by atoms with van der Waals surface area (Å²) in [7, 11) is 4.06. The molecule has 0 unspecified atom stereocenters. The van der Waals surface area contributed by atoms with Crippen molar-refractivity contribution in [3.63, 3.8) is 0 Å². The maximum Gasteiger partial charge on any atom is 0.144 e. The zero-order valence-electron chi connectivity index (χ0n) is 22.2. The van der Waals surface area contributed by atoms with E-state index < -0.39 is 0 Å². The number of nitrogens with zero attached hydrogens (tertiary/aromatic N) is 6. The van der Waals surface area contributed by atoms with E-state index in [0.717, 1.165) is 87.0 Å². The normalized spacial score (nSPS) is 21.6. The Morgan fingerprint density at radius 1 is 0.800 bits per heavy atom. The van der Waals surface area contributed by atoms with Gasteiger partial charge in [-0.3, -0.25) is 0 Å². The van der Waals surface area contributed by atoms with Crippen LogP contribution in [0.3, 0.4) is 0 Å². The quantitative estimate of drug-likeness (QED) is 0.335. The Morgan fingerprint density at radius 3 is 2.20 bits per heavy atom. The van der Waals surface area contributed by atoms with Crippen molar-refractivity contribution in [3.8, 4) is 0 Å². The van der Waals surface area contributed by atoms with E-state index in [1.165, 1.54) is 0 Å². The molecule has 2 aromatic rings. The van der Waals surface area contributed by atoms with Crippen molar-refractivity contribution >= 4 is 79.5 Å². The van der Waals surface area contributed by atoms with Gasteiger partial charge in [0.25, 0.3) is 0 Å². The van der Waals surface area contributed by atoms with Crippen LogP contribution < -0.4 is 5.32 Å². The van der Waals surface area contributed by atoms with E-state index in [-0.39, 0.29) is 0 Å². The molecule has 0 atom stereocenters. The van der Waals surface area contributed by atoms with Crippen LogP contribution in [0.4, 0.5) is 0 Å². The highest BCUT2D eigenvalue weighted by Gasteiger charge is 2.29. The number of allylic oxidation sites excluding steroid dienone is 10. The van der Waals surface area contributed by atoms with Gasteiger partial charge >= 0.3 is 0 Å². The highest BCUT2D eigenvalue weighted by molar-refractivity contribution is 14.1. The fraction of sp³-hybridized carbons (Fsp3) is 0.133. The van der Waals surface area contributed by atoms with Crippen molar-refractivity contribution in [1.82, 2.24) is 24.8 Å². The number of aromatic nitrogens is 3. The Kier molecular flexibility index (Phi) is 6.07. The second-order valence-corrected chi connectivity index (χ2v) is 12.2. The van der Waals surface area contributed by atoms with Crippen LogP contribution in [0, 0.1) is 6.92 Å². The lowest BCUT2D eigenvalue weighted by molar-refractivity contribution is 0.574. The Labute approximate surface area is 259 Å². The van der Waals surface area contributed by atoms with E-state index in [4.69, 9.17) is 20.0 Å². The molecule has 0 saturated heterocycles. The monoisotopic (exact) mass is 750 g/mol. The summed E-state index contributed by atoms with van der Waals surface area (Å²) in [6, 6.07) is 4.18. The molecule has 8 bridgehead atoms. The van der Waals surface area contributed by atoms with Crippen LogP contribution in [-0.2, 0) is 7.05 Å². The van der Waals surface area contributed by atoms with Gasteiger partial charge in [0.05, 0.1) is 63.9 Å². The molecular weight excluding hydrogens is 726 g/mol. The first-order chi connectivity index (χ1) is 19.2. The molecule has 8 nitrogen and oxygen atoms in total. The Hall–Kier alpha value is -3.52. The molecule has 7 heterocycles. The van der Waals surface area contributed by atoms with Gasteiger partial charge in [-0.05, 0) is 108 Å². The predicted octanol–water partition coefficient (Wildman–Crippen LogP) is 6.33. The number of hydrogen-bond donors (Lipinski definition) is 2. The van der Waals surface area contributed by atoms with Crippen molar-refractivity contribution < 1.29 is 0 Å². The third-order valence-electron chi connectivity index (χ3n) is 7.01. The fourth-order valence-electron chi connectivity index (χ4n) is 5.31. The van der Waals surface area contributed by atoms with E-state index in [0.29, 0.717) is 0 Å². The topological polar surface area (TPSA) is 86.0 Å². The second kappa shape index (κ2) is 9.54. The van der Waals surface area contributed by atoms with Crippen molar-refractivity contribution in [2.75, 3.05) is 7.05 Å². The van der Waals surface area contributed by atoms with Crippen LogP contribution in [0.25, 0.3) is 17.2 Å². The van der Waals surface area contributed by atoms with Gasteiger partial charge in [0.15, 0.2) is 0 Å². The van der Waals surface area contributed by atoms with E-state index in [9.17, 15) is 0 Å². The molecule has 0 spiro atoms. The summed E-state index contributed by atoms with van der Waals surface area (Å²) in [5, 5.41) is 3.52. The number of aliphatic imine (C=N–C) groups is 3. The van der Waals surface area contributed by atoms with Crippen molar-refractivity contribution in [1.29, 1.82) is 0 Å². The lowest BCUT2D eigenvalue weighted by Gasteiger charge is -2.17. The van der Waals surface area contributed by atoms with Crippen LogP contribution in [0.5, 0.6) is 0 Å². The van der Waals surface area contributed by atoms with Crippen LogP contribution in [0.2, 0.25) is 0 Å². The molecule has 0 fully saturated rings. The van der Waals surface area contributed by atoms with E-state index in [1.54, 1.807) is 0 Å². The number of halogens is 2. The first-order valence-corrected chi connectivity index (χ1v) is 14.9. The summed E-state index contributed by atoms with van der Waals surface area (Å²) in [6.07, 6.45) is 16.4. The summed E-state index contributed by atoms with van der Waals surface area (Å²) >= 11 is 4.78. The van der Waals surface area contributed by atoms with Gasteiger partial charge < -0.3 is 19.8 Å². The van der Waals surface area contributed by atoms with Gasteiger partial charge in [0.2, 0.25) is 0 Å². The third-order valence-corrected chi connectivity index (χ3v) is 10.2. The van der Waals surface area contributed by atoms with Crippen LogP contribution in [0.1, 0.15) is 29.8 Å². The van der Waals surface area contributed by atoms with E-state index in [2.05, 4.69) is 110 Å². The average Bonchev–Trinajstić information content (AvgIpc) is 3.75. The molecule has 0 saturated carbocycles. The minimum absolute atomic E-state index is 0.839. The maximum absolute atomic E-state index is 5.15. The lowest BCUT2D eigenvalue weighted by Crippen LogP contribution is -2.20. The largest absolute Gasteiger partial charge is 0.355 e. The average molecular weight is 750 g/mol. The number of H-pyrrole nitrogens is 1. The van der Waals surface area contributed by atoms with Gasteiger partial charge in [-0.15, -0.1) is 0 Å². The molecule has 5 aliphatic heterocycles. The molecule has 10 heteroatoms. The highest BCUT2D eigenvalue weighted by atomic mass is 127. The van der Waals surface area contributed by atoms with Crippen molar-refractivity contribution in [3.05, 3.63) is 114 Å². The minimum atomic E-state index is 0.839. The van der Waals surface area contributed by atoms with E-state index >= 15 is 0 Å². The number of fused-ring (bicyclic) bond motifs is 5. The Balaban J connectivity index is 1.49. The summed E-state index contributed by atoms with van der Waals surface area (Å²) in [5.41, 5.74) is 11.1.